The Balaban J connectivity index is 1.74. The molecule has 0 N–H and O–H groups in total. The molecule has 9 heteroatoms. The summed E-state index contributed by atoms with van der Waals surface area (Å²) in [7, 11) is -1.29. The first kappa shape index (κ1) is 26.2. The van der Waals surface area contributed by atoms with Gasteiger partial charge in [-0.05, 0) is 49.8 Å². The van der Waals surface area contributed by atoms with Gasteiger partial charge in [0.1, 0.15) is 16.9 Å². The Morgan fingerprint density at radius 2 is 1.86 bits per heavy atom. The third-order valence-corrected chi connectivity index (χ3v) is 6.87. The second-order valence-electron chi connectivity index (χ2n) is 9.30. The minimum Gasteiger partial charge on any atom is -0.504 e. The van der Waals surface area contributed by atoms with Gasteiger partial charge in [-0.1, -0.05) is 38.1 Å². The first-order valence-corrected chi connectivity index (χ1v) is 12.2. The third kappa shape index (κ3) is 4.78. The van der Waals surface area contributed by atoms with Crippen molar-refractivity contribution in [1.82, 2.24) is 0 Å². The number of carbonyl (C=O) groups is 1. The summed E-state index contributed by atoms with van der Waals surface area (Å²) in [5.74, 6) is -1.27. The van der Waals surface area contributed by atoms with Gasteiger partial charge < -0.3 is 18.9 Å². The minimum absolute atomic E-state index is 0.0693. The largest absolute Gasteiger partial charge is 0.796 e. The molecular formula is C28H29BF2N2O4. The second-order valence-corrected chi connectivity index (χ2v) is 9.30. The molecule has 0 saturated carbocycles. The number of fused-ring (bicyclic) bond motifs is 2. The van der Waals surface area contributed by atoms with Gasteiger partial charge >= 0.3 is 13.1 Å². The molecule has 6 nitrogen and oxygen atoms in total. The number of carbonyl (C=O) groups excluding carboxylic acids is 1. The fraction of sp³-hybridized carbons (Fsp3) is 0.286. The van der Waals surface area contributed by atoms with Crippen LogP contribution in [0.25, 0.3) is 11.0 Å². The third-order valence-electron chi connectivity index (χ3n) is 6.87. The molecule has 0 bridgehead atoms. The number of halogens is 2. The van der Waals surface area contributed by atoms with Crippen LogP contribution in [-0.4, -0.2) is 33.4 Å². The maximum absolute atomic E-state index is 13.3. The van der Waals surface area contributed by atoms with Crippen molar-refractivity contribution in [1.29, 1.82) is 0 Å². The molecular weight excluding hydrogens is 477 g/mol. The second kappa shape index (κ2) is 10.2. The summed E-state index contributed by atoms with van der Waals surface area (Å²) < 4.78 is 36.8. The molecule has 192 valence electrons. The van der Waals surface area contributed by atoms with Crippen molar-refractivity contribution in [2.75, 3.05) is 29.9 Å². The Bertz CT molecular complexity index is 1460. The zero-order valence-corrected chi connectivity index (χ0v) is 21.5. The van der Waals surface area contributed by atoms with Crippen molar-refractivity contribution in [3.8, 4) is 5.75 Å². The highest BCUT2D eigenvalue weighted by molar-refractivity contribution is 6.36. The SMILES string of the molecule is CCN(CC)c1ccc2c(OB(F)F)c(C(=O)C=CC=C3N(C)c4ccccc4C3(C)C)c(=O)oc2c1. The monoisotopic (exact) mass is 506 g/mol. The van der Waals surface area contributed by atoms with Crippen LogP contribution in [0.2, 0.25) is 0 Å². The van der Waals surface area contributed by atoms with E-state index in [4.69, 9.17) is 9.07 Å². The van der Waals surface area contributed by atoms with Gasteiger partial charge in [0.05, 0.1) is 5.39 Å². The molecule has 0 saturated heterocycles. The summed E-state index contributed by atoms with van der Waals surface area (Å²) in [6.07, 6.45) is 4.46. The molecule has 1 aliphatic rings. The van der Waals surface area contributed by atoms with Crippen LogP contribution < -0.4 is 20.1 Å². The zero-order chi connectivity index (χ0) is 26.9. The van der Waals surface area contributed by atoms with Gasteiger partial charge in [0.15, 0.2) is 5.78 Å². The minimum atomic E-state index is -3.23. The summed E-state index contributed by atoms with van der Waals surface area (Å²) in [4.78, 5) is 30.0. The van der Waals surface area contributed by atoms with Crippen molar-refractivity contribution >= 4 is 35.6 Å². The fourth-order valence-corrected chi connectivity index (χ4v) is 4.98. The average Bonchev–Trinajstić information content (AvgIpc) is 3.05. The number of para-hydroxylation sites is 1. The number of hydrogen-bond donors (Lipinski definition) is 0. The van der Waals surface area contributed by atoms with Crippen LogP contribution in [0.3, 0.4) is 0 Å². The maximum atomic E-state index is 13.3. The van der Waals surface area contributed by atoms with Gasteiger partial charge in [-0.25, -0.2) is 13.4 Å². The van der Waals surface area contributed by atoms with E-state index in [2.05, 4.69) is 19.9 Å². The van der Waals surface area contributed by atoms with Gasteiger partial charge in [-0.15, -0.1) is 0 Å². The van der Waals surface area contributed by atoms with Crippen LogP contribution >= 0.6 is 0 Å². The lowest BCUT2D eigenvalue weighted by Crippen LogP contribution is -2.22. The van der Waals surface area contributed by atoms with Gasteiger partial charge in [0.2, 0.25) is 0 Å². The Hall–Kier alpha value is -3.88. The fourth-order valence-electron chi connectivity index (χ4n) is 4.98. The molecule has 2 aromatic carbocycles. The highest BCUT2D eigenvalue weighted by Crippen LogP contribution is 2.46. The summed E-state index contributed by atoms with van der Waals surface area (Å²) in [6, 6.07) is 12.9. The van der Waals surface area contributed by atoms with E-state index in [1.807, 2.05) is 48.9 Å². The molecule has 1 aliphatic heterocycles. The normalized spacial score (nSPS) is 15.4. The molecule has 0 spiro atoms. The summed E-state index contributed by atoms with van der Waals surface area (Å²) in [6.45, 7) is 9.52. The number of rotatable bonds is 8. The van der Waals surface area contributed by atoms with Crippen LogP contribution in [0, 0.1) is 0 Å². The van der Waals surface area contributed by atoms with E-state index in [0.29, 0.717) is 13.1 Å². The lowest BCUT2D eigenvalue weighted by atomic mass is 9.84. The number of ketones is 1. The van der Waals surface area contributed by atoms with Crippen molar-refractivity contribution < 1.29 is 22.5 Å². The van der Waals surface area contributed by atoms with Gasteiger partial charge in [0, 0.05) is 48.7 Å². The molecule has 0 fully saturated rings. The van der Waals surface area contributed by atoms with E-state index < -0.39 is 30.2 Å². The molecule has 0 aliphatic carbocycles. The van der Waals surface area contributed by atoms with Crippen LogP contribution in [-0.2, 0) is 5.41 Å². The lowest BCUT2D eigenvalue weighted by Gasteiger charge is -2.23. The standard InChI is InChI=1S/C28H29BF2N2O4/c1-6-33(7-2)18-15-16-19-23(17-18)36-27(35)25(26(19)37-29(30)31)22(34)13-10-14-24-28(3,4)20-11-8-9-12-21(20)32(24)5/h8-17H,6-7H2,1-5H3. The maximum Gasteiger partial charge on any atom is 0.796 e. The molecule has 2 heterocycles. The van der Waals surface area contributed by atoms with E-state index in [1.54, 1.807) is 18.2 Å². The summed E-state index contributed by atoms with van der Waals surface area (Å²) in [5.41, 5.74) is 2.07. The summed E-state index contributed by atoms with van der Waals surface area (Å²) >= 11 is 0. The number of likely N-dealkylation sites (N-methyl/N-ethyl adjacent to an activating group) is 1. The lowest BCUT2D eigenvalue weighted by molar-refractivity contribution is 0.104. The number of allylic oxidation sites excluding steroid dienone is 4. The van der Waals surface area contributed by atoms with E-state index in [-0.39, 0.29) is 16.4 Å². The van der Waals surface area contributed by atoms with Gasteiger partial charge in [-0.2, -0.15) is 0 Å². The van der Waals surface area contributed by atoms with Gasteiger partial charge in [0.25, 0.3) is 0 Å². The van der Waals surface area contributed by atoms with E-state index >= 15 is 0 Å². The predicted molar refractivity (Wildman–Crippen MR) is 144 cm³/mol. The zero-order valence-electron chi connectivity index (χ0n) is 21.5. The highest BCUT2D eigenvalue weighted by Gasteiger charge is 2.37. The number of benzene rings is 2. The van der Waals surface area contributed by atoms with Crippen molar-refractivity contribution in [3.63, 3.8) is 0 Å². The first-order valence-electron chi connectivity index (χ1n) is 12.2. The highest BCUT2D eigenvalue weighted by atomic mass is 19.2. The molecule has 37 heavy (non-hydrogen) atoms. The average molecular weight is 506 g/mol. The number of anilines is 2. The Kier molecular flexibility index (Phi) is 7.25. The van der Waals surface area contributed by atoms with Crippen molar-refractivity contribution in [2.45, 2.75) is 33.1 Å². The first-order chi connectivity index (χ1) is 17.6. The predicted octanol–water partition coefficient (Wildman–Crippen LogP) is 5.99. The van der Waals surface area contributed by atoms with Gasteiger partial charge in [-0.3, -0.25) is 4.79 Å². The molecule has 0 radical (unpaired) electrons. The molecule has 0 unspecified atom stereocenters. The molecule has 3 aromatic rings. The smallest absolute Gasteiger partial charge is 0.504 e. The van der Waals surface area contributed by atoms with Crippen molar-refractivity contribution in [2.24, 2.45) is 0 Å². The van der Waals surface area contributed by atoms with Crippen LogP contribution in [0.1, 0.15) is 43.6 Å². The van der Waals surface area contributed by atoms with Crippen molar-refractivity contribution in [3.05, 3.63) is 87.9 Å². The molecule has 1 aromatic heterocycles. The summed E-state index contributed by atoms with van der Waals surface area (Å²) in [5, 5.41) is 0.123. The number of hydrogen-bond acceptors (Lipinski definition) is 6. The Labute approximate surface area is 215 Å². The van der Waals surface area contributed by atoms with Crippen LogP contribution in [0.5, 0.6) is 5.75 Å². The van der Waals surface area contributed by atoms with E-state index in [1.165, 1.54) is 18.2 Å². The van der Waals surface area contributed by atoms with E-state index in [9.17, 15) is 18.2 Å². The number of nitrogens with zero attached hydrogens (tertiary/aromatic N) is 2. The van der Waals surface area contributed by atoms with Crippen LogP contribution in [0.4, 0.5) is 20.0 Å². The van der Waals surface area contributed by atoms with E-state index in [0.717, 1.165) is 22.6 Å². The molecule has 0 atom stereocenters. The molecule has 4 rings (SSSR count). The quantitative estimate of drug-likeness (QED) is 0.162. The molecule has 0 amide bonds. The Morgan fingerprint density at radius 3 is 2.51 bits per heavy atom. The van der Waals surface area contributed by atoms with Crippen LogP contribution in [0.15, 0.2) is 75.6 Å². The topological polar surface area (TPSA) is 63.0 Å². The Morgan fingerprint density at radius 1 is 1.16 bits per heavy atom.